The van der Waals surface area contributed by atoms with E-state index in [-0.39, 0.29) is 0 Å². The quantitative estimate of drug-likeness (QED) is 0.397. The van der Waals surface area contributed by atoms with Gasteiger partial charge in [-0.05, 0) is 26.0 Å². The molecule has 0 radical (unpaired) electrons. The van der Waals surface area contributed by atoms with Gasteiger partial charge in [0.05, 0.1) is 6.61 Å². The van der Waals surface area contributed by atoms with Gasteiger partial charge in [-0.1, -0.05) is 30.3 Å². The number of piperazine rings is 1. The third-order valence-electron chi connectivity index (χ3n) is 4.69. The molecule has 2 N–H and O–H groups in total. The van der Waals surface area contributed by atoms with E-state index in [1.807, 2.05) is 0 Å². The average Bonchev–Trinajstić information content (AvgIpc) is 2.67. The Kier molecular flexibility index (Phi) is 9.45. The number of hydrogen-bond donors (Lipinski definition) is 2. The third-order valence-corrected chi connectivity index (χ3v) is 4.69. The summed E-state index contributed by atoms with van der Waals surface area (Å²) in [6.07, 6.45) is 1.06. The molecule has 1 fully saturated rings. The highest BCUT2D eigenvalue weighted by Gasteiger charge is 2.25. The van der Waals surface area contributed by atoms with E-state index in [0.29, 0.717) is 12.6 Å². The van der Waals surface area contributed by atoms with Crippen molar-refractivity contribution in [1.82, 2.24) is 20.4 Å². The number of nitrogens with zero attached hydrogens (tertiary/aromatic N) is 3. The lowest BCUT2D eigenvalue weighted by atomic mass is 10.0. The second kappa shape index (κ2) is 11.9. The van der Waals surface area contributed by atoms with Crippen molar-refractivity contribution in [3.05, 3.63) is 35.9 Å². The summed E-state index contributed by atoms with van der Waals surface area (Å²) in [6, 6.07) is 11.3. The minimum atomic E-state index is 0.479. The van der Waals surface area contributed by atoms with E-state index >= 15 is 0 Å². The number of benzene rings is 1. The number of hydrogen-bond acceptors (Lipinski definition) is 4. The van der Waals surface area contributed by atoms with Crippen LogP contribution in [0.3, 0.4) is 0 Å². The maximum absolute atomic E-state index is 5.08. The molecule has 1 aliphatic heterocycles. The highest BCUT2D eigenvalue weighted by atomic mass is 16.5. The van der Waals surface area contributed by atoms with Crippen LogP contribution in [-0.2, 0) is 4.74 Å². The highest BCUT2D eigenvalue weighted by molar-refractivity contribution is 5.79. The molecule has 0 aromatic heterocycles. The maximum Gasteiger partial charge on any atom is 0.191 e. The molecular weight excluding hydrogens is 326 g/mol. The van der Waals surface area contributed by atoms with E-state index in [9.17, 15) is 0 Å². The summed E-state index contributed by atoms with van der Waals surface area (Å²) in [7, 11) is 3.93. The number of nitrogens with one attached hydrogen (secondary N) is 2. The number of likely N-dealkylation sites (N-methyl/N-ethyl adjacent to an activating group) is 1. The monoisotopic (exact) mass is 361 g/mol. The lowest BCUT2D eigenvalue weighted by Crippen LogP contribution is -2.47. The summed E-state index contributed by atoms with van der Waals surface area (Å²) < 4.78 is 5.08. The van der Waals surface area contributed by atoms with Crippen LogP contribution in [-0.4, -0.2) is 82.3 Å². The van der Waals surface area contributed by atoms with Crippen LogP contribution < -0.4 is 10.6 Å². The van der Waals surface area contributed by atoms with Crippen molar-refractivity contribution >= 4 is 5.96 Å². The van der Waals surface area contributed by atoms with Crippen molar-refractivity contribution in [1.29, 1.82) is 0 Å². The summed E-state index contributed by atoms with van der Waals surface area (Å²) >= 11 is 0. The Bertz CT molecular complexity index is 522. The summed E-state index contributed by atoms with van der Waals surface area (Å²) in [6.45, 7) is 9.66. The molecule has 1 unspecified atom stereocenters. The van der Waals surface area contributed by atoms with E-state index in [2.05, 4.69) is 69.7 Å². The first-order valence-electron chi connectivity index (χ1n) is 9.73. The van der Waals surface area contributed by atoms with Crippen molar-refractivity contribution in [3.8, 4) is 0 Å². The first-order chi connectivity index (χ1) is 12.7. The van der Waals surface area contributed by atoms with Crippen molar-refractivity contribution < 1.29 is 4.74 Å². The van der Waals surface area contributed by atoms with Crippen LogP contribution in [0.15, 0.2) is 35.3 Å². The molecule has 6 heteroatoms. The van der Waals surface area contributed by atoms with Gasteiger partial charge in [0.15, 0.2) is 5.96 Å². The van der Waals surface area contributed by atoms with E-state index in [1.54, 1.807) is 7.11 Å². The molecule has 0 saturated carbocycles. The lowest BCUT2D eigenvalue weighted by Gasteiger charge is -2.40. The van der Waals surface area contributed by atoms with E-state index in [4.69, 9.17) is 4.74 Å². The van der Waals surface area contributed by atoms with Crippen LogP contribution in [0, 0.1) is 0 Å². The molecule has 0 aliphatic carbocycles. The fourth-order valence-electron chi connectivity index (χ4n) is 3.29. The zero-order valence-corrected chi connectivity index (χ0v) is 16.6. The van der Waals surface area contributed by atoms with Crippen LogP contribution in [0.1, 0.15) is 24.9 Å². The smallest absolute Gasteiger partial charge is 0.191 e. The van der Waals surface area contributed by atoms with Gasteiger partial charge in [0.1, 0.15) is 0 Å². The molecule has 0 spiro atoms. The van der Waals surface area contributed by atoms with Gasteiger partial charge in [-0.3, -0.25) is 9.89 Å². The van der Waals surface area contributed by atoms with Gasteiger partial charge in [0, 0.05) is 59.0 Å². The number of methoxy groups -OCH3 is 1. The Labute approximate surface area is 158 Å². The number of rotatable bonds is 9. The van der Waals surface area contributed by atoms with Crippen molar-refractivity contribution in [2.24, 2.45) is 4.99 Å². The molecule has 1 atom stereocenters. The Morgan fingerprint density at radius 2 is 2.04 bits per heavy atom. The van der Waals surface area contributed by atoms with Gasteiger partial charge < -0.3 is 20.3 Å². The Morgan fingerprint density at radius 1 is 1.23 bits per heavy atom. The minimum absolute atomic E-state index is 0.479. The zero-order chi connectivity index (χ0) is 18.6. The van der Waals surface area contributed by atoms with Crippen molar-refractivity contribution in [2.45, 2.75) is 19.4 Å². The number of aliphatic imine (C=N–C) groups is 1. The molecule has 0 bridgehead atoms. The summed E-state index contributed by atoms with van der Waals surface area (Å²) in [5.74, 6) is 0.877. The van der Waals surface area contributed by atoms with E-state index in [0.717, 1.165) is 58.2 Å². The summed E-state index contributed by atoms with van der Waals surface area (Å²) in [4.78, 5) is 9.72. The maximum atomic E-state index is 5.08. The van der Waals surface area contributed by atoms with Crippen molar-refractivity contribution in [3.63, 3.8) is 0 Å². The normalized spacial score (nSPS) is 19.5. The molecule has 1 saturated heterocycles. The van der Waals surface area contributed by atoms with Crippen LogP contribution in [0.5, 0.6) is 0 Å². The predicted octanol–water partition coefficient (Wildman–Crippen LogP) is 1.57. The Morgan fingerprint density at radius 3 is 2.77 bits per heavy atom. The lowest BCUT2D eigenvalue weighted by molar-refractivity contribution is 0.0894. The third kappa shape index (κ3) is 6.94. The minimum Gasteiger partial charge on any atom is -0.383 e. The van der Waals surface area contributed by atoms with E-state index in [1.165, 1.54) is 5.56 Å². The first kappa shape index (κ1) is 20.7. The topological polar surface area (TPSA) is 52.1 Å². The largest absolute Gasteiger partial charge is 0.383 e. The molecule has 1 aliphatic rings. The van der Waals surface area contributed by atoms with Gasteiger partial charge in [-0.15, -0.1) is 0 Å². The first-order valence-corrected chi connectivity index (χ1v) is 9.73. The van der Waals surface area contributed by atoms with E-state index < -0.39 is 0 Å². The fraction of sp³-hybridized carbons (Fsp3) is 0.650. The fourth-order valence-corrected chi connectivity index (χ4v) is 3.29. The standard InChI is InChI=1S/C20H35N5O/c1-4-21-20(23-12-16-26-3)22-11-8-13-25-15-14-24(2)17-19(25)18-9-6-5-7-10-18/h5-7,9-10,19H,4,8,11-17H2,1-3H3,(H2,21,22,23). The molecule has 2 rings (SSSR count). The van der Waals surface area contributed by atoms with Gasteiger partial charge in [0.2, 0.25) is 0 Å². The second-order valence-electron chi connectivity index (χ2n) is 6.76. The summed E-state index contributed by atoms with van der Waals surface area (Å²) in [5.41, 5.74) is 1.41. The molecule has 26 heavy (non-hydrogen) atoms. The van der Waals surface area contributed by atoms with Crippen LogP contribution in [0.4, 0.5) is 0 Å². The SMILES string of the molecule is CCNC(=NCCCN1CCN(C)CC1c1ccccc1)NCCOC. The van der Waals surface area contributed by atoms with Crippen LogP contribution >= 0.6 is 0 Å². The number of guanidine groups is 1. The van der Waals surface area contributed by atoms with Crippen LogP contribution in [0.25, 0.3) is 0 Å². The van der Waals surface area contributed by atoms with Gasteiger partial charge in [-0.2, -0.15) is 0 Å². The number of ether oxygens (including phenoxy) is 1. The average molecular weight is 362 g/mol. The van der Waals surface area contributed by atoms with Crippen molar-refractivity contribution in [2.75, 3.05) is 66.6 Å². The molecule has 6 nitrogen and oxygen atoms in total. The second-order valence-corrected chi connectivity index (χ2v) is 6.76. The molecule has 0 amide bonds. The Hall–Kier alpha value is -1.63. The Balaban J connectivity index is 1.84. The molecule has 146 valence electrons. The molecular formula is C20H35N5O. The molecule has 1 aromatic rings. The predicted molar refractivity (Wildman–Crippen MR) is 109 cm³/mol. The van der Waals surface area contributed by atoms with Gasteiger partial charge >= 0.3 is 0 Å². The summed E-state index contributed by atoms with van der Waals surface area (Å²) in [5, 5.41) is 6.58. The zero-order valence-electron chi connectivity index (χ0n) is 16.6. The van der Waals surface area contributed by atoms with Gasteiger partial charge in [-0.25, -0.2) is 0 Å². The molecule has 1 aromatic carbocycles. The molecule has 1 heterocycles. The highest BCUT2D eigenvalue weighted by Crippen LogP contribution is 2.24. The van der Waals surface area contributed by atoms with Crippen LogP contribution in [0.2, 0.25) is 0 Å². The van der Waals surface area contributed by atoms with Gasteiger partial charge in [0.25, 0.3) is 0 Å².